The second-order valence-corrected chi connectivity index (χ2v) is 4.93. The number of aryl methyl sites for hydroxylation is 1. The lowest BCUT2D eigenvalue weighted by atomic mass is 10.0. The number of carbonyl (C=O) groups is 1. The molecule has 6 heteroatoms. The molecule has 1 N–H and O–H groups in total. The van der Waals surface area contributed by atoms with E-state index in [9.17, 15) is 18.0 Å². The number of nitrogens with one attached hydrogen (secondary N) is 1. The number of H-pyrrole nitrogens is 1. The Labute approximate surface area is 123 Å². The van der Waals surface area contributed by atoms with Crippen LogP contribution in [0.3, 0.4) is 0 Å². The number of pyridine rings is 1. The zero-order valence-corrected chi connectivity index (χ0v) is 11.5. The minimum Gasteiger partial charge on any atom is -0.360 e. The number of nitrogens with zero attached hydrogens (tertiary/aromatic N) is 1. The molecule has 22 heavy (non-hydrogen) atoms. The molecule has 0 bridgehead atoms. The first-order chi connectivity index (χ1) is 10.4. The lowest BCUT2D eigenvalue weighted by Crippen LogP contribution is -2.12. The predicted molar refractivity (Wildman–Crippen MR) is 75.7 cm³/mol. The Hall–Kier alpha value is -2.63. The molecule has 3 rings (SSSR count). The molecule has 2 heterocycles. The number of para-hydroxylation sites is 1. The number of aromatic nitrogens is 2. The van der Waals surface area contributed by atoms with Crippen LogP contribution in [-0.2, 0) is 6.18 Å². The van der Waals surface area contributed by atoms with E-state index < -0.39 is 17.7 Å². The molecule has 0 spiro atoms. The smallest absolute Gasteiger partial charge is 0.360 e. The first-order valence-corrected chi connectivity index (χ1v) is 6.53. The number of carbonyl (C=O) groups excluding carboxylic acids is 1. The van der Waals surface area contributed by atoms with E-state index >= 15 is 0 Å². The summed E-state index contributed by atoms with van der Waals surface area (Å²) in [6.45, 7) is 1.88. The number of benzene rings is 1. The van der Waals surface area contributed by atoms with E-state index in [0.29, 0.717) is 10.9 Å². The largest absolute Gasteiger partial charge is 0.433 e. The number of rotatable bonds is 2. The van der Waals surface area contributed by atoms with E-state index in [-0.39, 0.29) is 5.69 Å². The van der Waals surface area contributed by atoms with Crippen molar-refractivity contribution in [2.24, 2.45) is 0 Å². The van der Waals surface area contributed by atoms with Gasteiger partial charge in [-0.1, -0.05) is 24.3 Å². The maximum Gasteiger partial charge on any atom is 0.433 e. The van der Waals surface area contributed by atoms with Crippen LogP contribution < -0.4 is 0 Å². The van der Waals surface area contributed by atoms with Gasteiger partial charge in [0.05, 0.1) is 0 Å². The highest BCUT2D eigenvalue weighted by molar-refractivity contribution is 6.15. The number of alkyl halides is 3. The fourth-order valence-corrected chi connectivity index (χ4v) is 2.35. The van der Waals surface area contributed by atoms with Crippen LogP contribution in [0.1, 0.15) is 27.3 Å². The molecular formula is C16H11F3N2O. The number of hydrogen-bond acceptors (Lipinski definition) is 2. The Morgan fingerprint density at radius 1 is 1.14 bits per heavy atom. The standard InChI is InChI=1S/C16H11F3N2O/c1-9-4-2-5-10-11(8-20-14(9)10)15(22)12-6-3-7-13(21-12)16(17,18)19/h2-8,20H,1H3. The predicted octanol–water partition coefficient (Wildman–Crippen LogP) is 4.12. The molecule has 0 radical (unpaired) electrons. The Balaban J connectivity index is 2.09. The highest BCUT2D eigenvalue weighted by Gasteiger charge is 2.33. The van der Waals surface area contributed by atoms with Crippen molar-refractivity contribution in [3.63, 3.8) is 0 Å². The summed E-state index contributed by atoms with van der Waals surface area (Å²) in [4.78, 5) is 18.9. The van der Waals surface area contributed by atoms with E-state index in [0.717, 1.165) is 17.1 Å². The first kappa shape index (κ1) is 14.3. The van der Waals surface area contributed by atoms with Crippen LogP contribution in [0.2, 0.25) is 0 Å². The lowest BCUT2D eigenvalue weighted by Gasteiger charge is -2.06. The van der Waals surface area contributed by atoms with Crippen LogP contribution in [0.5, 0.6) is 0 Å². The summed E-state index contributed by atoms with van der Waals surface area (Å²) >= 11 is 0. The van der Waals surface area contributed by atoms with Crippen molar-refractivity contribution < 1.29 is 18.0 Å². The minimum absolute atomic E-state index is 0.225. The van der Waals surface area contributed by atoms with Crippen molar-refractivity contribution in [1.29, 1.82) is 0 Å². The Morgan fingerprint density at radius 3 is 2.59 bits per heavy atom. The van der Waals surface area contributed by atoms with Gasteiger partial charge in [0.2, 0.25) is 5.78 Å². The number of hydrogen-bond donors (Lipinski definition) is 1. The molecule has 0 atom stereocenters. The molecule has 0 aliphatic heterocycles. The fraction of sp³-hybridized carbons (Fsp3) is 0.125. The molecule has 3 aromatic rings. The monoisotopic (exact) mass is 304 g/mol. The van der Waals surface area contributed by atoms with Crippen molar-refractivity contribution in [2.75, 3.05) is 0 Å². The van der Waals surface area contributed by atoms with Gasteiger partial charge in [-0.3, -0.25) is 4.79 Å². The van der Waals surface area contributed by atoms with Gasteiger partial charge < -0.3 is 4.98 Å². The molecule has 0 aliphatic rings. The van der Waals surface area contributed by atoms with Crippen LogP contribution in [0.4, 0.5) is 13.2 Å². The van der Waals surface area contributed by atoms with Crippen molar-refractivity contribution in [1.82, 2.24) is 9.97 Å². The topological polar surface area (TPSA) is 45.8 Å². The maximum atomic E-state index is 12.7. The van der Waals surface area contributed by atoms with Crippen LogP contribution in [-0.4, -0.2) is 15.8 Å². The third-order valence-electron chi connectivity index (χ3n) is 3.44. The summed E-state index contributed by atoms with van der Waals surface area (Å²) in [6, 6.07) is 8.74. The van der Waals surface area contributed by atoms with E-state index in [2.05, 4.69) is 9.97 Å². The average Bonchev–Trinajstić information content (AvgIpc) is 2.91. The van der Waals surface area contributed by atoms with Crippen LogP contribution >= 0.6 is 0 Å². The summed E-state index contributed by atoms with van der Waals surface area (Å²) in [6.07, 6.45) is -3.07. The number of aromatic amines is 1. The van der Waals surface area contributed by atoms with Crippen LogP contribution in [0, 0.1) is 6.92 Å². The summed E-state index contributed by atoms with van der Waals surface area (Å²) in [5, 5.41) is 0.671. The molecule has 112 valence electrons. The molecule has 0 saturated carbocycles. The zero-order chi connectivity index (χ0) is 15.9. The van der Waals surface area contributed by atoms with Crippen molar-refractivity contribution >= 4 is 16.7 Å². The van der Waals surface area contributed by atoms with Gasteiger partial charge in [-0.15, -0.1) is 0 Å². The van der Waals surface area contributed by atoms with Gasteiger partial charge in [-0.2, -0.15) is 13.2 Å². The third kappa shape index (κ3) is 2.36. The fourth-order valence-electron chi connectivity index (χ4n) is 2.35. The highest BCUT2D eigenvalue weighted by atomic mass is 19.4. The van der Waals surface area contributed by atoms with Crippen molar-refractivity contribution in [2.45, 2.75) is 13.1 Å². The summed E-state index contributed by atoms with van der Waals surface area (Å²) in [5.74, 6) is -0.539. The minimum atomic E-state index is -4.58. The zero-order valence-electron chi connectivity index (χ0n) is 11.5. The molecule has 0 unspecified atom stereocenters. The average molecular weight is 304 g/mol. The normalized spacial score (nSPS) is 11.8. The highest BCUT2D eigenvalue weighted by Crippen LogP contribution is 2.28. The Bertz CT molecular complexity index is 865. The molecule has 0 saturated heterocycles. The van der Waals surface area contributed by atoms with E-state index in [1.54, 1.807) is 12.1 Å². The molecule has 1 aromatic carbocycles. The number of ketones is 1. The van der Waals surface area contributed by atoms with E-state index in [4.69, 9.17) is 0 Å². The van der Waals surface area contributed by atoms with Gasteiger partial charge in [0.1, 0.15) is 11.4 Å². The van der Waals surface area contributed by atoms with Gasteiger partial charge >= 0.3 is 6.18 Å². The molecule has 0 amide bonds. The van der Waals surface area contributed by atoms with Crippen molar-refractivity contribution in [3.8, 4) is 0 Å². The number of fused-ring (bicyclic) bond motifs is 1. The van der Waals surface area contributed by atoms with Gasteiger partial charge in [-0.05, 0) is 24.6 Å². The molecule has 2 aromatic heterocycles. The molecule has 0 fully saturated rings. The maximum absolute atomic E-state index is 12.7. The molecular weight excluding hydrogens is 293 g/mol. The number of halogens is 3. The first-order valence-electron chi connectivity index (χ1n) is 6.53. The third-order valence-corrected chi connectivity index (χ3v) is 3.44. The second-order valence-electron chi connectivity index (χ2n) is 4.93. The summed E-state index contributed by atoms with van der Waals surface area (Å²) < 4.78 is 38.1. The summed E-state index contributed by atoms with van der Waals surface area (Å²) in [5.41, 5.74) is 0.753. The molecule has 0 aliphatic carbocycles. The van der Waals surface area contributed by atoms with Gasteiger partial charge in [-0.25, -0.2) is 4.98 Å². The van der Waals surface area contributed by atoms with Gasteiger partial charge in [0.25, 0.3) is 0 Å². The Morgan fingerprint density at radius 2 is 1.86 bits per heavy atom. The van der Waals surface area contributed by atoms with Gasteiger partial charge in [0, 0.05) is 22.7 Å². The Kier molecular flexibility index (Phi) is 3.24. The lowest BCUT2D eigenvalue weighted by molar-refractivity contribution is -0.141. The van der Waals surface area contributed by atoms with E-state index in [1.807, 2.05) is 13.0 Å². The van der Waals surface area contributed by atoms with Crippen LogP contribution in [0.15, 0.2) is 42.6 Å². The van der Waals surface area contributed by atoms with E-state index in [1.165, 1.54) is 18.3 Å². The SMILES string of the molecule is Cc1cccc2c(C(=O)c3cccc(C(F)(F)F)n3)c[nH]c12. The quantitative estimate of drug-likeness (QED) is 0.724. The molecule has 3 nitrogen and oxygen atoms in total. The summed E-state index contributed by atoms with van der Waals surface area (Å²) in [7, 11) is 0. The van der Waals surface area contributed by atoms with Gasteiger partial charge in [0.15, 0.2) is 0 Å². The van der Waals surface area contributed by atoms with Crippen molar-refractivity contribution in [3.05, 3.63) is 65.1 Å². The van der Waals surface area contributed by atoms with Crippen LogP contribution in [0.25, 0.3) is 10.9 Å². The second kappa shape index (κ2) is 4.98.